The van der Waals surface area contributed by atoms with E-state index < -0.39 is 23.4 Å². The van der Waals surface area contributed by atoms with Crippen LogP contribution in [0.3, 0.4) is 0 Å². The molecule has 0 aliphatic carbocycles. The lowest BCUT2D eigenvalue weighted by molar-refractivity contribution is -0.133. The molecule has 1 aromatic heterocycles. The molecule has 3 aromatic rings. The highest BCUT2D eigenvalue weighted by Crippen LogP contribution is 2.49. The highest BCUT2D eigenvalue weighted by Gasteiger charge is 2.60. The Balaban J connectivity index is 1.65. The van der Waals surface area contributed by atoms with E-state index >= 15 is 4.39 Å². The number of methoxy groups -OCH3 is 1. The summed E-state index contributed by atoms with van der Waals surface area (Å²) in [5.74, 6) is -0.770. The number of hydrogen-bond acceptors (Lipinski definition) is 6. The number of benzene rings is 2. The van der Waals surface area contributed by atoms with Crippen molar-refractivity contribution in [3.63, 3.8) is 0 Å². The van der Waals surface area contributed by atoms with Crippen molar-refractivity contribution < 1.29 is 28.9 Å². The fourth-order valence-electron chi connectivity index (χ4n) is 5.76. The number of nitrogens with one attached hydrogen (secondary N) is 1. The molecule has 0 spiro atoms. The van der Waals surface area contributed by atoms with Crippen LogP contribution in [0.1, 0.15) is 36.7 Å². The molecule has 2 aromatic carbocycles. The molecule has 0 saturated carbocycles. The molecule has 2 aliphatic rings. The molecule has 10 heteroatoms. The Morgan fingerprint density at radius 3 is 2.70 bits per heavy atom. The first-order valence-electron chi connectivity index (χ1n) is 12.4. The largest absolute Gasteiger partial charge is 0.508 e. The predicted molar refractivity (Wildman–Crippen MR) is 135 cm³/mol. The Kier molecular flexibility index (Phi) is 6.33. The summed E-state index contributed by atoms with van der Waals surface area (Å²) in [6.45, 7) is 5.35. The van der Waals surface area contributed by atoms with Crippen molar-refractivity contribution in [2.24, 2.45) is 0 Å². The SMILES string of the molecule is CCN(CCO)CCN1C(=O)N2C(c3cccc(O)c3)c3[nH]c4ccc(OC)c(F)c4c3CC2(C)C1=O. The molecule has 1 saturated heterocycles. The molecule has 3 amide bonds. The number of phenols is 1. The molecule has 3 N–H and O–H groups in total. The highest BCUT2D eigenvalue weighted by molar-refractivity contribution is 6.08. The van der Waals surface area contributed by atoms with Crippen LogP contribution in [0.4, 0.5) is 9.18 Å². The third-order valence-electron chi connectivity index (χ3n) is 7.64. The number of hydrogen-bond donors (Lipinski definition) is 3. The van der Waals surface area contributed by atoms with E-state index in [0.29, 0.717) is 47.4 Å². The van der Waals surface area contributed by atoms with Gasteiger partial charge in [-0.3, -0.25) is 19.5 Å². The Morgan fingerprint density at radius 2 is 2.03 bits per heavy atom. The lowest BCUT2D eigenvalue weighted by atomic mass is 9.81. The number of ether oxygens (including phenoxy) is 1. The lowest BCUT2D eigenvalue weighted by Crippen LogP contribution is -2.53. The van der Waals surface area contributed by atoms with Crippen LogP contribution in [0, 0.1) is 5.82 Å². The van der Waals surface area contributed by atoms with Gasteiger partial charge in [-0.1, -0.05) is 19.1 Å². The number of carbonyl (C=O) groups excluding carboxylic acids is 2. The number of phenolic OH excluding ortho intramolecular Hbond substituents is 1. The number of nitrogens with zero attached hydrogens (tertiary/aromatic N) is 3. The van der Waals surface area contributed by atoms with E-state index in [2.05, 4.69) is 4.98 Å². The van der Waals surface area contributed by atoms with Gasteiger partial charge in [-0.25, -0.2) is 9.18 Å². The average Bonchev–Trinajstić information content (AvgIpc) is 3.33. The number of aromatic hydroxyl groups is 1. The summed E-state index contributed by atoms with van der Waals surface area (Å²) in [6.07, 6.45) is 0.122. The van der Waals surface area contributed by atoms with E-state index in [1.165, 1.54) is 24.1 Å². The zero-order chi connectivity index (χ0) is 26.5. The van der Waals surface area contributed by atoms with Gasteiger partial charge < -0.3 is 19.9 Å². The third-order valence-corrected chi connectivity index (χ3v) is 7.64. The van der Waals surface area contributed by atoms with Crippen LogP contribution in [0.15, 0.2) is 36.4 Å². The van der Waals surface area contributed by atoms with Gasteiger partial charge in [0.1, 0.15) is 17.3 Å². The van der Waals surface area contributed by atoms with Crippen molar-refractivity contribution in [1.29, 1.82) is 0 Å². The maximum atomic E-state index is 15.5. The summed E-state index contributed by atoms with van der Waals surface area (Å²) in [4.78, 5) is 35.8. The topological polar surface area (TPSA) is 109 Å². The van der Waals surface area contributed by atoms with E-state index in [1.54, 1.807) is 36.1 Å². The van der Waals surface area contributed by atoms with E-state index in [9.17, 15) is 19.8 Å². The molecular formula is C27H31FN4O5. The molecule has 3 heterocycles. The van der Waals surface area contributed by atoms with Gasteiger partial charge in [0, 0.05) is 42.7 Å². The van der Waals surface area contributed by atoms with Crippen LogP contribution < -0.4 is 4.74 Å². The average molecular weight is 511 g/mol. The summed E-state index contributed by atoms with van der Waals surface area (Å²) < 4.78 is 20.7. The summed E-state index contributed by atoms with van der Waals surface area (Å²) in [5.41, 5.74) is 1.08. The Morgan fingerprint density at radius 1 is 1.24 bits per heavy atom. The van der Waals surface area contributed by atoms with Crippen molar-refractivity contribution in [1.82, 2.24) is 19.7 Å². The number of imide groups is 1. The van der Waals surface area contributed by atoms with Crippen LogP contribution in [0.5, 0.6) is 11.5 Å². The minimum Gasteiger partial charge on any atom is -0.508 e. The zero-order valence-electron chi connectivity index (χ0n) is 21.1. The van der Waals surface area contributed by atoms with E-state index in [1.807, 2.05) is 11.8 Å². The summed E-state index contributed by atoms with van der Waals surface area (Å²) in [5, 5.41) is 19.9. The first kappa shape index (κ1) is 25.0. The second-order valence-electron chi connectivity index (χ2n) is 9.74. The molecule has 2 unspecified atom stereocenters. The van der Waals surface area contributed by atoms with E-state index in [4.69, 9.17) is 4.74 Å². The van der Waals surface area contributed by atoms with Gasteiger partial charge in [-0.2, -0.15) is 0 Å². The van der Waals surface area contributed by atoms with Crippen molar-refractivity contribution in [2.45, 2.75) is 31.8 Å². The van der Waals surface area contributed by atoms with Gasteiger partial charge in [0.05, 0.1) is 13.7 Å². The van der Waals surface area contributed by atoms with E-state index in [0.717, 1.165) is 0 Å². The molecule has 196 valence electrons. The van der Waals surface area contributed by atoms with Crippen LogP contribution >= 0.6 is 0 Å². The highest BCUT2D eigenvalue weighted by atomic mass is 19.1. The number of aliphatic hydroxyl groups is 1. The number of carbonyl (C=O) groups is 2. The third kappa shape index (κ3) is 3.82. The molecule has 9 nitrogen and oxygen atoms in total. The van der Waals surface area contributed by atoms with Gasteiger partial charge in [-0.05, 0) is 48.9 Å². The molecule has 0 bridgehead atoms. The molecule has 1 fully saturated rings. The summed E-state index contributed by atoms with van der Waals surface area (Å²) in [7, 11) is 1.40. The Labute approximate surface area is 214 Å². The summed E-state index contributed by atoms with van der Waals surface area (Å²) in [6, 6.07) is 8.62. The van der Waals surface area contributed by atoms with Crippen LogP contribution in [-0.2, 0) is 11.2 Å². The molecule has 2 aliphatic heterocycles. The number of fused-ring (bicyclic) bond motifs is 4. The van der Waals surface area contributed by atoms with Crippen molar-refractivity contribution >= 4 is 22.8 Å². The van der Waals surface area contributed by atoms with Gasteiger partial charge in [0.25, 0.3) is 5.91 Å². The number of halogens is 1. The quantitative estimate of drug-likeness (QED) is 0.402. The van der Waals surface area contributed by atoms with Crippen LogP contribution in [-0.4, -0.2) is 87.3 Å². The van der Waals surface area contributed by atoms with Gasteiger partial charge in [-0.15, -0.1) is 0 Å². The summed E-state index contributed by atoms with van der Waals surface area (Å²) >= 11 is 0. The second kappa shape index (κ2) is 9.35. The molecular weight excluding hydrogens is 479 g/mol. The van der Waals surface area contributed by atoms with Crippen LogP contribution in [0.2, 0.25) is 0 Å². The fraction of sp³-hybridized carbons (Fsp3) is 0.407. The van der Waals surface area contributed by atoms with Crippen LogP contribution in [0.25, 0.3) is 10.9 Å². The minimum atomic E-state index is -1.27. The fourth-order valence-corrected chi connectivity index (χ4v) is 5.76. The molecule has 0 radical (unpaired) electrons. The standard InChI is InChI=1S/C27H31FN4O5/c1-4-30(12-13-33)10-11-31-25(35)27(2)15-18-21-19(8-9-20(37-3)22(21)28)29-23(18)24(32(27)26(31)36)16-6-5-7-17(34)14-16/h5-9,14,24,29,33-34H,4,10-13,15H2,1-3H3. The number of likely N-dealkylation sites (N-methyl/N-ethyl adjacent to an activating group) is 1. The number of aliphatic hydroxyl groups excluding tert-OH is 1. The van der Waals surface area contributed by atoms with Crippen molar-refractivity contribution in [3.05, 3.63) is 59.0 Å². The second-order valence-corrected chi connectivity index (χ2v) is 9.74. The number of H-pyrrole nitrogens is 1. The smallest absolute Gasteiger partial charge is 0.328 e. The van der Waals surface area contributed by atoms with E-state index in [-0.39, 0.29) is 37.0 Å². The molecule has 37 heavy (non-hydrogen) atoms. The van der Waals surface area contributed by atoms with Crippen molar-refractivity contribution in [3.8, 4) is 11.5 Å². The maximum Gasteiger partial charge on any atom is 0.328 e. The first-order valence-corrected chi connectivity index (χ1v) is 12.4. The predicted octanol–water partition coefficient (Wildman–Crippen LogP) is 3.00. The minimum absolute atomic E-state index is 0.0180. The Hall–Kier alpha value is -3.63. The van der Waals surface area contributed by atoms with Gasteiger partial charge in [0.15, 0.2) is 11.6 Å². The number of rotatable bonds is 8. The maximum absolute atomic E-state index is 15.5. The van der Waals surface area contributed by atoms with Crippen molar-refractivity contribution in [2.75, 3.05) is 39.9 Å². The molecule has 5 rings (SSSR count). The number of aromatic amines is 1. The molecule has 2 atom stereocenters. The van der Waals surface area contributed by atoms with Gasteiger partial charge >= 0.3 is 6.03 Å². The normalized spacial score (nSPS) is 21.2. The first-order chi connectivity index (χ1) is 17.7. The number of urea groups is 1. The zero-order valence-corrected chi connectivity index (χ0v) is 21.1. The number of amides is 3. The number of aromatic nitrogens is 1. The lowest BCUT2D eigenvalue weighted by Gasteiger charge is -2.42. The Bertz CT molecular complexity index is 1370. The monoisotopic (exact) mass is 510 g/mol. The van der Waals surface area contributed by atoms with Gasteiger partial charge in [0.2, 0.25) is 0 Å².